The van der Waals surface area contributed by atoms with Crippen molar-refractivity contribution >= 4 is 29.2 Å². The van der Waals surface area contributed by atoms with E-state index >= 15 is 0 Å². The molecule has 0 saturated heterocycles. The molecule has 1 aromatic rings. The number of unbranched alkanes of at least 4 members (excludes halogenated alkanes) is 2. The van der Waals surface area contributed by atoms with Crippen LogP contribution in [0.4, 0.5) is 5.69 Å². The van der Waals surface area contributed by atoms with Gasteiger partial charge < -0.3 is 20.5 Å². The second-order valence-electron chi connectivity index (χ2n) is 4.71. The largest absolute Gasteiger partial charge is 0.496 e. The number of amides is 1. The van der Waals surface area contributed by atoms with Gasteiger partial charge in [-0.2, -0.15) is 0 Å². The fourth-order valence-corrected chi connectivity index (χ4v) is 1.92. The van der Waals surface area contributed by atoms with Crippen LogP contribution in [-0.4, -0.2) is 32.1 Å². The Morgan fingerprint density at radius 3 is 2.68 bits per heavy atom. The van der Waals surface area contributed by atoms with E-state index in [0.29, 0.717) is 12.2 Å². The number of carbonyl (C=O) groups excluding carboxylic acids is 2. The topological polar surface area (TPSA) is 90.7 Å². The third-order valence-corrected chi connectivity index (χ3v) is 3.30. The molecule has 1 rings (SSSR count). The Morgan fingerprint density at radius 1 is 1.32 bits per heavy atom. The maximum Gasteiger partial charge on any atom is 0.342 e. The number of methoxy groups -OCH3 is 1. The number of nitrogens with two attached hydrogens (primary N) is 1. The lowest BCUT2D eigenvalue weighted by molar-refractivity contribution is -0.124. The number of benzene rings is 1. The van der Waals surface area contributed by atoms with Crippen LogP contribution in [0.5, 0.6) is 5.75 Å². The van der Waals surface area contributed by atoms with Crippen molar-refractivity contribution in [1.29, 1.82) is 0 Å². The lowest BCUT2D eigenvalue weighted by Gasteiger charge is -2.11. The van der Waals surface area contributed by atoms with Crippen molar-refractivity contribution in [2.24, 2.45) is 0 Å². The van der Waals surface area contributed by atoms with Crippen LogP contribution in [0.2, 0.25) is 5.02 Å². The predicted octanol–water partition coefficient (Wildman–Crippen LogP) is 2.39. The molecule has 0 spiro atoms. The third kappa shape index (κ3) is 5.44. The van der Waals surface area contributed by atoms with E-state index in [4.69, 9.17) is 26.8 Å². The Morgan fingerprint density at radius 2 is 2.05 bits per heavy atom. The molecule has 0 fully saturated rings. The molecule has 0 saturated carbocycles. The zero-order valence-electron chi connectivity index (χ0n) is 12.8. The normalized spacial score (nSPS) is 10.1. The maximum absolute atomic E-state index is 12.0. The van der Waals surface area contributed by atoms with Gasteiger partial charge in [-0.15, -0.1) is 0 Å². The number of nitrogen functional groups attached to an aromatic ring is 1. The van der Waals surface area contributed by atoms with Crippen LogP contribution in [0, 0.1) is 0 Å². The van der Waals surface area contributed by atoms with Crippen LogP contribution in [0.3, 0.4) is 0 Å². The average molecular weight is 329 g/mol. The van der Waals surface area contributed by atoms with E-state index in [1.54, 1.807) is 0 Å². The summed E-state index contributed by atoms with van der Waals surface area (Å²) in [5.74, 6) is -0.789. The Kier molecular flexibility index (Phi) is 7.52. The van der Waals surface area contributed by atoms with Crippen molar-refractivity contribution in [2.45, 2.75) is 26.2 Å². The van der Waals surface area contributed by atoms with Gasteiger partial charge in [0.15, 0.2) is 6.61 Å². The number of hydrogen-bond acceptors (Lipinski definition) is 5. The highest BCUT2D eigenvalue weighted by Crippen LogP contribution is 2.29. The number of nitrogens with one attached hydrogen (secondary N) is 1. The number of ether oxygens (including phenoxy) is 2. The minimum absolute atomic E-state index is 0.125. The molecule has 0 bridgehead atoms. The Hall–Kier alpha value is -1.95. The number of carbonyl (C=O) groups is 2. The van der Waals surface area contributed by atoms with Crippen LogP contribution >= 0.6 is 11.6 Å². The van der Waals surface area contributed by atoms with Crippen LogP contribution in [-0.2, 0) is 9.53 Å². The Balaban J connectivity index is 2.55. The molecule has 7 heteroatoms. The van der Waals surface area contributed by atoms with E-state index in [9.17, 15) is 9.59 Å². The van der Waals surface area contributed by atoms with Crippen molar-refractivity contribution < 1.29 is 19.1 Å². The molecule has 0 atom stereocenters. The molecule has 0 radical (unpaired) electrons. The lowest BCUT2D eigenvalue weighted by Crippen LogP contribution is -2.29. The van der Waals surface area contributed by atoms with Crippen molar-refractivity contribution in [2.75, 3.05) is 26.0 Å². The number of anilines is 1. The fraction of sp³-hybridized carbons (Fsp3) is 0.467. The van der Waals surface area contributed by atoms with Crippen molar-refractivity contribution in [1.82, 2.24) is 5.32 Å². The minimum Gasteiger partial charge on any atom is -0.496 e. The van der Waals surface area contributed by atoms with E-state index in [0.717, 1.165) is 19.3 Å². The molecule has 22 heavy (non-hydrogen) atoms. The van der Waals surface area contributed by atoms with Gasteiger partial charge in [-0.1, -0.05) is 31.4 Å². The van der Waals surface area contributed by atoms with Gasteiger partial charge in [-0.05, 0) is 12.5 Å². The summed E-state index contributed by atoms with van der Waals surface area (Å²) in [6.07, 6.45) is 3.02. The summed E-state index contributed by atoms with van der Waals surface area (Å²) in [4.78, 5) is 23.5. The molecule has 0 aromatic heterocycles. The van der Waals surface area contributed by atoms with Gasteiger partial charge in [0.1, 0.15) is 11.3 Å². The summed E-state index contributed by atoms with van der Waals surface area (Å²) in [6, 6.07) is 2.79. The van der Waals surface area contributed by atoms with E-state index in [-0.39, 0.29) is 28.8 Å². The third-order valence-electron chi connectivity index (χ3n) is 2.98. The summed E-state index contributed by atoms with van der Waals surface area (Å²) in [5.41, 5.74) is 6.06. The quantitative estimate of drug-likeness (QED) is 0.434. The van der Waals surface area contributed by atoms with Crippen molar-refractivity contribution in [3.63, 3.8) is 0 Å². The van der Waals surface area contributed by atoms with Gasteiger partial charge in [0, 0.05) is 12.6 Å². The first-order valence-electron chi connectivity index (χ1n) is 7.06. The number of halogens is 1. The highest BCUT2D eigenvalue weighted by molar-refractivity contribution is 6.33. The van der Waals surface area contributed by atoms with Crippen LogP contribution in [0.25, 0.3) is 0 Å². The number of hydrogen-bond donors (Lipinski definition) is 2. The molecule has 0 aliphatic rings. The Bertz CT molecular complexity index is 535. The smallest absolute Gasteiger partial charge is 0.342 e. The second kappa shape index (κ2) is 9.15. The highest BCUT2D eigenvalue weighted by atomic mass is 35.5. The second-order valence-corrected chi connectivity index (χ2v) is 5.11. The summed E-state index contributed by atoms with van der Waals surface area (Å²) >= 11 is 5.88. The van der Waals surface area contributed by atoms with E-state index in [1.165, 1.54) is 19.2 Å². The van der Waals surface area contributed by atoms with Gasteiger partial charge in [0.05, 0.1) is 17.8 Å². The van der Waals surface area contributed by atoms with Crippen LogP contribution in [0.15, 0.2) is 12.1 Å². The monoisotopic (exact) mass is 328 g/mol. The summed E-state index contributed by atoms with van der Waals surface area (Å²) in [6.45, 7) is 2.30. The standard InChI is InChI=1S/C15H21ClN2O4/c1-3-4-5-6-18-14(19)9-22-15(20)10-7-11(16)12(17)8-13(10)21-2/h7-8H,3-6,9,17H2,1-2H3,(H,18,19). The van der Waals surface area contributed by atoms with E-state index in [1.807, 2.05) is 0 Å². The summed E-state index contributed by atoms with van der Waals surface area (Å²) in [7, 11) is 1.40. The minimum atomic E-state index is -0.692. The van der Waals surface area contributed by atoms with Gasteiger partial charge in [0.2, 0.25) is 0 Å². The molecule has 1 amide bonds. The first-order chi connectivity index (χ1) is 10.5. The van der Waals surface area contributed by atoms with Crippen LogP contribution < -0.4 is 15.8 Å². The van der Waals surface area contributed by atoms with Gasteiger partial charge in [-0.25, -0.2) is 4.79 Å². The molecular weight excluding hydrogens is 308 g/mol. The lowest BCUT2D eigenvalue weighted by atomic mass is 10.2. The highest BCUT2D eigenvalue weighted by Gasteiger charge is 2.17. The predicted molar refractivity (Wildman–Crippen MR) is 85.2 cm³/mol. The van der Waals surface area contributed by atoms with E-state index in [2.05, 4.69) is 12.2 Å². The van der Waals surface area contributed by atoms with Crippen LogP contribution in [0.1, 0.15) is 36.5 Å². The molecule has 122 valence electrons. The number of rotatable bonds is 8. The fourth-order valence-electron chi connectivity index (χ4n) is 1.76. The van der Waals surface area contributed by atoms with Gasteiger partial charge >= 0.3 is 5.97 Å². The molecular formula is C15H21ClN2O4. The first kappa shape index (κ1) is 18.1. The van der Waals surface area contributed by atoms with Crippen molar-refractivity contribution in [3.05, 3.63) is 22.7 Å². The molecule has 1 aromatic carbocycles. The molecule has 6 nitrogen and oxygen atoms in total. The Labute approximate surface area is 134 Å². The summed E-state index contributed by atoms with van der Waals surface area (Å²) < 4.78 is 10.0. The molecule has 0 aliphatic heterocycles. The first-order valence-corrected chi connectivity index (χ1v) is 7.44. The molecule has 0 unspecified atom stereocenters. The average Bonchev–Trinajstić information content (AvgIpc) is 2.51. The number of esters is 1. The molecule has 0 heterocycles. The SMILES string of the molecule is CCCCCNC(=O)COC(=O)c1cc(Cl)c(N)cc1OC. The molecule has 3 N–H and O–H groups in total. The zero-order valence-corrected chi connectivity index (χ0v) is 13.5. The van der Waals surface area contributed by atoms with E-state index < -0.39 is 5.97 Å². The molecule has 0 aliphatic carbocycles. The van der Waals surface area contributed by atoms with Gasteiger partial charge in [0.25, 0.3) is 5.91 Å². The maximum atomic E-state index is 12.0. The van der Waals surface area contributed by atoms with Crippen molar-refractivity contribution in [3.8, 4) is 5.75 Å². The zero-order chi connectivity index (χ0) is 16.5. The van der Waals surface area contributed by atoms with Gasteiger partial charge in [-0.3, -0.25) is 4.79 Å². The summed E-state index contributed by atoms with van der Waals surface area (Å²) in [5, 5.41) is 2.90.